The third kappa shape index (κ3) is 3.34. The lowest BCUT2D eigenvalue weighted by molar-refractivity contribution is -0.136. The van der Waals surface area contributed by atoms with Crippen LogP contribution < -0.4 is 10.2 Å². The first-order chi connectivity index (χ1) is 10.2. The minimum absolute atomic E-state index is 0.00673. The van der Waals surface area contributed by atoms with Gasteiger partial charge < -0.3 is 15.1 Å². The van der Waals surface area contributed by atoms with Gasteiger partial charge in [0.05, 0.1) is 0 Å². The van der Waals surface area contributed by atoms with Gasteiger partial charge >= 0.3 is 0 Å². The van der Waals surface area contributed by atoms with Crippen molar-refractivity contribution in [2.24, 2.45) is 0 Å². The van der Waals surface area contributed by atoms with E-state index in [9.17, 15) is 9.59 Å². The average molecular weight is 308 g/mol. The Morgan fingerprint density at radius 1 is 1.29 bits per heavy atom. The van der Waals surface area contributed by atoms with Crippen LogP contribution in [0.2, 0.25) is 0 Å². The molecule has 1 aromatic rings. The van der Waals surface area contributed by atoms with Crippen LogP contribution in [-0.4, -0.2) is 53.9 Å². The van der Waals surface area contributed by atoms with Gasteiger partial charge in [0.1, 0.15) is 6.04 Å². The summed E-state index contributed by atoms with van der Waals surface area (Å²) in [6.45, 7) is 3.01. The normalized spacial score (nSPS) is 23.6. The summed E-state index contributed by atoms with van der Waals surface area (Å²) in [6, 6.07) is -0.327. The monoisotopic (exact) mass is 308 g/mol. The predicted octanol–water partition coefficient (Wildman–Crippen LogP) is 0.850. The molecule has 1 aromatic heterocycles. The van der Waals surface area contributed by atoms with Crippen molar-refractivity contribution in [1.82, 2.24) is 15.2 Å². The van der Waals surface area contributed by atoms with Crippen LogP contribution in [0.25, 0.3) is 0 Å². The van der Waals surface area contributed by atoms with Gasteiger partial charge in [-0.3, -0.25) is 9.59 Å². The van der Waals surface area contributed by atoms with Crippen molar-refractivity contribution in [3.63, 3.8) is 0 Å². The van der Waals surface area contributed by atoms with E-state index in [2.05, 4.69) is 15.2 Å². The fourth-order valence-corrected chi connectivity index (χ4v) is 3.57. The molecule has 0 spiro atoms. The van der Waals surface area contributed by atoms with Crippen molar-refractivity contribution >= 4 is 28.3 Å². The number of hydrogen-bond acceptors (Lipinski definition) is 5. The SMILES string of the molecule is O=C1CCCC[C@@H](C(=O)N2CCN(c3nccs3)CC2)N1. The quantitative estimate of drug-likeness (QED) is 0.880. The van der Waals surface area contributed by atoms with Gasteiger partial charge in [0.2, 0.25) is 11.8 Å². The van der Waals surface area contributed by atoms with Gasteiger partial charge in [-0.2, -0.15) is 0 Å². The highest BCUT2D eigenvalue weighted by molar-refractivity contribution is 7.13. The number of hydrogen-bond donors (Lipinski definition) is 1. The van der Waals surface area contributed by atoms with Gasteiger partial charge in [0, 0.05) is 44.2 Å². The topological polar surface area (TPSA) is 65.5 Å². The first kappa shape index (κ1) is 14.3. The van der Waals surface area contributed by atoms with Crippen LogP contribution in [0.15, 0.2) is 11.6 Å². The van der Waals surface area contributed by atoms with Gasteiger partial charge in [-0.15, -0.1) is 11.3 Å². The minimum Gasteiger partial charge on any atom is -0.345 e. The fourth-order valence-electron chi connectivity index (χ4n) is 2.87. The first-order valence-electron chi connectivity index (χ1n) is 7.46. The van der Waals surface area contributed by atoms with Crippen molar-refractivity contribution in [2.45, 2.75) is 31.7 Å². The number of nitrogens with zero attached hydrogens (tertiary/aromatic N) is 3. The van der Waals surface area contributed by atoms with Crippen LogP contribution in [0.3, 0.4) is 0 Å². The number of thiazole rings is 1. The fraction of sp³-hybridized carbons (Fsp3) is 0.643. The summed E-state index contributed by atoms with van der Waals surface area (Å²) < 4.78 is 0. The molecule has 0 saturated carbocycles. The Kier molecular flexibility index (Phi) is 4.38. The number of amides is 2. The lowest BCUT2D eigenvalue weighted by atomic mass is 10.1. The summed E-state index contributed by atoms with van der Waals surface area (Å²) in [5, 5.41) is 5.85. The Bertz CT molecular complexity index is 497. The lowest BCUT2D eigenvalue weighted by Gasteiger charge is -2.36. The number of nitrogens with one attached hydrogen (secondary N) is 1. The summed E-state index contributed by atoms with van der Waals surface area (Å²) in [5.41, 5.74) is 0. The molecule has 0 aromatic carbocycles. The number of aromatic nitrogens is 1. The third-order valence-corrected chi connectivity index (χ3v) is 4.89. The molecule has 3 heterocycles. The smallest absolute Gasteiger partial charge is 0.245 e. The van der Waals surface area contributed by atoms with Crippen LogP contribution in [0.4, 0.5) is 5.13 Å². The Morgan fingerprint density at radius 3 is 2.81 bits per heavy atom. The zero-order valence-corrected chi connectivity index (χ0v) is 12.8. The molecule has 2 fully saturated rings. The van der Waals surface area contributed by atoms with Crippen LogP contribution in [0, 0.1) is 0 Å². The molecule has 0 unspecified atom stereocenters. The van der Waals surface area contributed by atoms with E-state index in [-0.39, 0.29) is 17.9 Å². The molecule has 2 aliphatic rings. The second kappa shape index (κ2) is 6.43. The summed E-state index contributed by atoms with van der Waals surface area (Å²) in [4.78, 5) is 32.5. The third-order valence-electron chi connectivity index (χ3n) is 4.06. The van der Waals surface area contributed by atoms with Crippen molar-refractivity contribution in [3.05, 3.63) is 11.6 Å². The largest absolute Gasteiger partial charge is 0.345 e. The van der Waals surface area contributed by atoms with E-state index in [4.69, 9.17) is 0 Å². The number of anilines is 1. The van der Waals surface area contributed by atoms with Crippen molar-refractivity contribution in [2.75, 3.05) is 31.1 Å². The highest BCUT2D eigenvalue weighted by Gasteiger charge is 2.29. The zero-order valence-electron chi connectivity index (χ0n) is 12.0. The Balaban J connectivity index is 1.56. The molecular formula is C14H20N4O2S. The van der Waals surface area contributed by atoms with Gasteiger partial charge in [-0.1, -0.05) is 6.42 Å². The molecule has 21 heavy (non-hydrogen) atoms. The minimum atomic E-state index is -0.327. The van der Waals surface area contributed by atoms with Crippen molar-refractivity contribution in [1.29, 1.82) is 0 Å². The maximum Gasteiger partial charge on any atom is 0.245 e. The highest BCUT2D eigenvalue weighted by atomic mass is 32.1. The predicted molar refractivity (Wildman–Crippen MR) is 81.3 cm³/mol. The maximum absolute atomic E-state index is 12.5. The van der Waals surface area contributed by atoms with Crippen LogP contribution in [0.1, 0.15) is 25.7 Å². The molecule has 0 radical (unpaired) electrons. The van der Waals surface area contributed by atoms with Crippen LogP contribution in [0.5, 0.6) is 0 Å². The summed E-state index contributed by atoms with van der Waals surface area (Å²) >= 11 is 1.62. The first-order valence-corrected chi connectivity index (χ1v) is 8.34. The second-order valence-corrected chi connectivity index (χ2v) is 6.37. The van der Waals surface area contributed by atoms with E-state index >= 15 is 0 Å². The molecular weight excluding hydrogens is 288 g/mol. The van der Waals surface area contributed by atoms with E-state index < -0.39 is 0 Å². The highest BCUT2D eigenvalue weighted by Crippen LogP contribution is 2.20. The van der Waals surface area contributed by atoms with Crippen LogP contribution >= 0.6 is 11.3 Å². The molecule has 6 nitrogen and oxygen atoms in total. The molecule has 0 aliphatic carbocycles. The molecule has 3 rings (SSSR count). The molecule has 114 valence electrons. The molecule has 1 N–H and O–H groups in total. The van der Waals surface area contributed by atoms with Crippen molar-refractivity contribution in [3.8, 4) is 0 Å². The Hall–Kier alpha value is -1.63. The van der Waals surface area contributed by atoms with E-state index in [1.54, 1.807) is 17.5 Å². The van der Waals surface area contributed by atoms with Crippen molar-refractivity contribution < 1.29 is 9.59 Å². The van der Waals surface area contributed by atoms with E-state index in [1.807, 2.05) is 10.3 Å². The molecule has 7 heteroatoms. The summed E-state index contributed by atoms with van der Waals surface area (Å²) in [6.07, 6.45) is 4.93. The Labute approximate surface area is 128 Å². The molecule has 0 bridgehead atoms. The number of carbonyl (C=O) groups excluding carboxylic acids is 2. The van der Waals surface area contributed by atoms with E-state index in [0.29, 0.717) is 19.5 Å². The van der Waals surface area contributed by atoms with E-state index in [0.717, 1.165) is 37.5 Å². The van der Waals surface area contributed by atoms with Gasteiger partial charge in [0.25, 0.3) is 0 Å². The van der Waals surface area contributed by atoms with Gasteiger partial charge in [-0.05, 0) is 12.8 Å². The van der Waals surface area contributed by atoms with Gasteiger partial charge in [0.15, 0.2) is 5.13 Å². The average Bonchev–Trinajstić information content (AvgIpc) is 2.96. The number of piperazine rings is 1. The molecule has 2 aliphatic heterocycles. The van der Waals surface area contributed by atoms with Crippen LogP contribution in [-0.2, 0) is 9.59 Å². The molecule has 2 amide bonds. The second-order valence-electron chi connectivity index (χ2n) is 5.49. The maximum atomic E-state index is 12.5. The summed E-state index contributed by atoms with van der Waals surface area (Å²) in [7, 11) is 0. The summed E-state index contributed by atoms with van der Waals surface area (Å²) in [5.74, 6) is 0.0799. The Morgan fingerprint density at radius 2 is 2.10 bits per heavy atom. The molecule has 1 atom stereocenters. The van der Waals surface area contributed by atoms with Gasteiger partial charge in [-0.25, -0.2) is 4.98 Å². The number of carbonyl (C=O) groups is 2. The standard InChI is InChI=1S/C14H20N4O2S/c19-12-4-2-1-3-11(16-12)13(20)17-6-8-18(9-7-17)14-15-5-10-21-14/h5,10-11H,1-4,6-9H2,(H,16,19)/t11-/m0/s1. The lowest BCUT2D eigenvalue weighted by Crippen LogP contribution is -2.54. The number of rotatable bonds is 2. The van der Waals surface area contributed by atoms with E-state index in [1.165, 1.54) is 0 Å². The molecule has 2 saturated heterocycles. The zero-order chi connectivity index (χ0) is 14.7.